The number of benzene rings is 1. The van der Waals surface area contributed by atoms with Crippen molar-refractivity contribution in [2.24, 2.45) is 0 Å². The fourth-order valence-corrected chi connectivity index (χ4v) is 2.01. The number of carbonyl (C=O) groups excluding carboxylic acids is 1. The average Bonchev–Trinajstić information content (AvgIpc) is 2.43. The van der Waals surface area contributed by atoms with Gasteiger partial charge in [0.05, 0.1) is 11.1 Å². The first-order valence-corrected chi connectivity index (χ1v) is 6.81. The molecule has 3 nitrogen and oxygen atoms in total. The molecule has 0 unspecified atom stereocenters. The first-order valence-electron chi connectivity index (χ1n) is 6.81. The Morgan fingerprint density at radius 1 is 1.32 bits per heavy atom. The maximum Gasteiger partial charge on any atom is 0.252 e. The second-order valence-electron chi connectivity index (χ2n) is 5.02. The number of nitrogens with zero attached hydrogens (tertiary/aromatic N) is 1. The van der Waals surface area contributed by atoms with Crippen LogP contribution in [0.2, 0.25) is 0 Å². The van der Waals surface area contributed by atoms with Gasteiger partial charge in [0.15, 0.2) is 0 Å². The highest BCUT2D eigenvalue weighted by Crippen LogP contribution is 2.22. The monoisotopic (exact) mass is 256 g/mol. The first kappa shape index (κ1) is 13.5. The zero-order valence-corrected chi connectivity index (χ0v) is 11.7. The third kappa shape index (κ3) is 2.92. The molecular formula is C16H20N2O. The summed E-state index contributed by atoms with van der Waals surface area (Å²) >= 11 is 0. The molecule has 2 rings (SSSR count). The van der Waals surface area contributed by atoms with Crippen molar-refractivity contribution in [3.8, 4) is 0 Å². The molecule has 1 aromatic heterocycles. The van der Waals surface area contributed by atoms with Gasteiger partial charge in [-0.25, -0.2) is 0 Å². The number of para-hydroxylation sites is 1. The molecule has 0 radical (unpaired) electrons. The molecule has 0 aliphatic rings. The maximum atomic E-state index is 12.3. The summed E-state index contributed by atoms with van der Waals surface area (Å²) in [4.78, 5) is 16.9. The Morgan fingerprint density at radius 2 is 2.05 bits per heavy atom. The summed E-state index contributed by atoms with van der Waals surface area (Å²) in [5.74, 6) is 0.296. The second-order valence-corrected chi connectivity index (χ2v) is 5.02. The number of nitrogens with one attached hydrogen (secondary N) is 1. The molecule has 0 bridgehead atoms. The van der Waals surface area contributed by atoms with Crippen LogP contribution in [0.3, 0.4) is 0 Å². The summed E-state index contributed by atoms with van der Waals surface area (Å²) in [7, 11) is 0. The van der Waals surface area contributed by atoms with Gasteiger partial charge in [0.2, 0.25) is 0 Å². The summed E-state index contributed by atoms with van der Waals surface area (Å²) in [5, 5.41) is 3.86. The van der Waals surface area contributed by atoms with Crippen molar-refractivity contribution in [3.63, 3.8) is 0 Å². The minimum Gasteiger partial charge on any atom is -0.352 e. The lowest BCUT2D eigenvalue weighted by Gasteiger charge is -2.11. The molecule has 2 aromatic rings. The zero-order valence-electron chi connectivity index (χ0n) is 11.7. The molecule has 3 heteroatoms. The van der Waals surface area contributed by atoms with Crippen LogP contribution in [0.1, 0.15) is 49.2 Å². The van der Waals surface area contributed by atoms with Gasteiger partial charge < -0.3 is 5.32 Å². The second kappa shape index (κ2) is 5.83. The van der Waals surface area contributed by atoms with E-state index in [0.29, 0.717) is 12.5 Å². The van der Waals surface area contributed by atoms with Crippen LogP contribution < -0.4 is 5.32 Å². The van der Waals surface area contributed by atoms with Crippen molar-refractivity contribution in [1.82, 2.24) is 10.3 Å². The van der Waals surface area contributed by atoms with Crippen LogP contribution in [0.4, 0.5) is 0 Å². The molecule has 0 aliphatic carbocycles. The van der Waals surface area contributed by atoms with E-state index in [9.17, 15) is 4.79 Å². The molecule has 19 heavy (non-hydrogen) atoms. The van der Waals surface area contributed by atoms with E-state index in [1.165, 1.54) is 0 Å². The molecule has 0 saturated heterocycles. The SMILES string of the molecule is CCCNC(=O)c1cc(C(C)C)nc2ccccc12. The highest BCUT2D eigenvalue weighted by atomic mass is 16.1. The Hall–Kier alpha value is -1.90. The number of fused-ring (bicyclic) bond motifs is 1. The number of pyridine rings is 1. The van der Waals surface area contributed by atoms with Crippen LogP contribution in [0.25, 0.3) is 10.9 Å². The molecule has 1 aromatic carbocycles. The molecule has 100 valence electrons. The third-order valence-electron chi connectivity index (χ3n) is 3.11. The summed E-state index contributed by atoms with van der Waals surface area (Å²) in [6, 6.07) is 9.71. The summed E-state index contributed by atoms with van der Waals surface area (Å²) < 4.78 is 0. The van der Waals surface area contributed by atoms with Crippen molar-refractivity contribution >= 4 is 16.8 Å². The van der Waals surface area contributed by atoms with Crippen molar-refractivity contribution in [1.29, 1.82) is 0 Å². The fourth-order valence-electron chi connectivity index (χ4n) is 2.01. The van der Waals surface area contributed by atoms with E-state index in [1.54, 1.807) is 0 Å². The Bertz CT molecular complexity index is 590. The largest absolute Gasteiger partial charge is 0.352 e. The predicted octanol–water partition coefficient (Wildman–Crippen LogP) is 3.50. The molecule has 0 aliphatic heterocycles. The van der Waals surface area contributed by atoms with Gasteiger partial charge in [-0.15, -0.1) is 0 Å². The van der Waals surface area contributed by atoms with Gasteiger partial charge in [-0.1, -0.05) is 39.0 Å². The molecule has 0 fully saturated rings. The Morgan fingerprint density at radius 3 is 2.74 bits per heavy atom. The van der Waals surface area contributed by atoms with Gasteiger partial charge in [-0.2, -0.15) is 0 Å². The van der Waals surface area contributed by atoms with Crippen LogP contribution in [0, 0.1) is 0 Å². The van der Waals surface area contributed by atoms with E-state index in [0.717, 1.165) is 28.6 Å². The van der Waals surface area contributed by atoms with Crippen LogP contribution in [0.15, 0.2) is 30.3 Å². The Kier molecular flexibility index (Phi) is 4.15. The van der Waals surface area contributed by atoms with Gasteiger partial charge in [-0.3, -0.25) is 9.78 Å². The number of amides is 1. The number of rotatable bonds is 4. The van der Waals surface area contributed by atoms with E-state index < -0.39 is 0 Å². The Labute approximate surface area is 114 Å². The molecule has 0 saturated carbocycles. The third-order valence-corrected chi connectivity index (χ3v) is 3.11. The van der Waals surface area contributed by atoms with Gasteiger partial charge >= 0.3 is 0 Å². The lowest BCUT2D eigenvalue weighted by molar-refractivity contribution is 0.0955. The summed E-state index contributed by atoms with van der Waals surface area (Å²) in [6.07, 6.45) is 0.936. The van der Waals surface area contributed by atoms with Crippen molar-refractivity contribution in [3.05, 3.63) is 41.6 Å². The van der Waals surface area contributed by atoms with Crippen LogP contribution in [0.5, 0.6) is 0 Å². The highest BCUT2D eigenvalue weighted by Gasteiger charge is 2.13. The van der Waals surface area contributed by atoms with E-state index in [-0.39, 0.29) is 5.91 Å². The molecular weight excluding hydrogens is 236 g/mol. The minimum absolute atomic E-state index is 0.0117. The summed E-state index contributed by atoms with van der Waals surface area (Å²) in [5.41, 5.74) is 2.57. The predicted molar refractivity (Wildman–Crippen MR) is 78.5 cm³/mol. The van der Waals surface area contributed by atoms with Gasteiger partial charge in [-0.05, 0) is 24.5 Å². The smallest absolute Gasteiger partial charge is 0.252 e. The van der Waals surface area contributed by atoms with E-state index in [4.69, 9.17) is 0 Å². The van der Waals surface area contributed by atoms with Gasteiger partial charge in [0.1, 0.15) is 0 Å². The van der Waals surface area contributed by atoms with Crippen LogP contribution >= 0.6 is 0 Å². The van der Waals surface area contributed by atoms with Crippen molar-refractivity contribution in [2.45, 2.75) is 33.1 Å². The molecule has 0 spiro atoms. The molecule has 1 amide bonds. The molecule has 0 atom stereocenters. The maximum absolute atomic E-state index is 12.3. The molecule has 1 heterocycles. The normalized spacial score (nSPS) is 10.9. The standard InChI is InChI=1S/C16H20N2O/c1-4-9-17-16(19)13-10-15(11(2)3)18-14-8-6-5-7-12(13)14/h5-8,10-11H,4,9H2,1-3H3,(H,17,19). The Balaban J connectivity index is 2.53. The van der Waals surface area contributed by atoms with E-state index in [2.05, 4.69) is 24.1 Å². The zero-order chi connectivity index (χ0) is 13.8. The summed E-state index contributed by atoms with van der Waals surface area (Å²) in [6.45, 7) is 6.92. The lowest BCUT2D eigenvalue weighted by atomic mass is 10.0. The number of carbonyl (C=O) groups is 1. The van der Waals surface area contributed by atoms with Crippen LogP contribution in [-0.2, 0) is 0 Å². The lowest BCUT2D eigenvalue weighted by Crippen LogP contribution is -2.24. The van der Waals surface area contributed by atoms with Crippen molar-refractivity contribution in [2.75, 3.05) is 6.54 Å². The van der Waals surface area contributed by atoms with E-state index in [1.807, 2.05) is 37.3 Å². The minimum atomic E-state index is -0.0117. The van der Waals surface area contributed by atoms with Gasteiger partial charge in [0, 0.05) is 17.6 Å². The highest BCUT2D eigenvalue weighted by molar-refractivity contribution is 6.06. The fraction of sp³-hybridized carbons (Fsp3) is 0.375. The van der Waals surface area contributed by atoms with Gasteiger partial charge in [0.25, 0.3) is 5.91 Å². The van der Waals surface area contributed by atoms with Crippen molar-refractivity contribution < 1.29 is 4.79 Å². The molecule has 1 N–H and O–H groups in total. The first-order chi connectivity index (χ1) is 9.13. The number of hydrogen-bond acceptors (Lipinski definition) is 2. The van der Waals surface area contributed by atoms with Crippen LogP contribution in [-0.4, -0.2) is 17.4 Å². The van der Waals surface area contributed by atoms with E-state index >= 15 is 0 Å². The average molecular weight is 256 g/mol. The number of hydrogen-bond donors (Lipinski definition) is 1. The number of aromatic nitrogens is 1. The quantitative estimate of drug-likeness (QED) is 0.909. The topological polar surface area (TPSA) is 42.0 Å².